The molecule has 1 heterocycles. The van der Waals surface area contributed by atoms with Crippen LogP contribution >= 0.6 is 0 Å². The molecule has 0 unspecified atom stereocenters. The zero-order chi connectivity index (χ0) is 14.1. The highest BCUT2D eigenvalue weighted by molar-refractivity contribution is 7.89. The van der Waals surface area contributed by atoms with Crippen molar-refractivity contribution in [2.75, 3.05) is 26.0 Å². The lowest BCUT2D eigenvalue weighted by atomic mass is 10.3. The predicted octanol–water partition coefficient (Wildman–Crippen LogP) is 0.509. The maximum Gasteiger partial charge on any atom is 0.213 e. The third-order valence-electron chi connectivity index (χ3n) is 2.52. The van der Waals surface area contributed by atoms with Gasteiger partial charge in [0.1, 0.15) is 0 Å². The number of rotatable bonds is 9. The summed E-state index contributed by atoms with van der Waals surface area (Å²) >= 11 is 0. The first kappa shape index (κ1) is 15.9. The van der Waals surface area contributed by atoms with Crippen molar-refractivity contribution < 1.29 is 13.2 Å². The lowest BCUT2D eigenvalue weighted by Crippen LogP contribution is -2.28. The van der Waals surface area contributed by atoms with Crippen LogP contribution in [0.2, 0.25) is 0 Å². The van der Waals surface area contributed by atoms with Crippen LogP contribution in [-0.2, 0) is 16.6 Å². The molecule has 0 aliphatic rings. The van der Waals surface area contributed by atoms with Crippen LogP contribution in [0.15, 0.2) is 18.3 Å². The Morgan fingerprint density at radius 2 is 2.21 bits per heavy atom. The van der Waals surface area contributed by atoms with Crippen molar-refractivity contribution in [2.45, 2.75) is 19.9 Å². The van der Waals surface area contributed by atoms with Gasteiger partial charge < -0.3 is 10.1 Å². The number of sulfonamides is 1. The fourth-order valence-electron chi connectivity index (χ4n) is 1.50. The minimum Gasteiger partial charge on any atom is -0.481 e. The van der Waals surface area contributed by atoms with Crippen molar-refractivity contribution in [3.05, 3.63) is 23.9 Å². The summed E-state index contributed by atoms with van der Waals surface area (Å²) in [6.45, 7) is 3.80. The van der Waals surface area contributed by atoms with Gasteiger partial charge in [-0.15, -0.1) is 0 Å². The molecule has 0 aliphatic carbocycles. The van der Waals surface area contributed by atoms with Gasteiger partial charge in [-0.3, -0.25) is 0 Å². The number of nitrogens with zero attached hydrogens (tertiary/aromatic N) is 1. The molecular weight excluding hydrogens is 266 g/mol. The highest BCUT2D eigenvalue weighted by Crippen LogP contribution is 2.08. The third-order valence-corrected chi connectivity index (χ3v) is 3.93. The van der Waals surface area contributed by atoms with E-state index in [1.54, 1.807) is 18.3 Å². The second kappa shape index (κ2) is 8.08. The van der Waals surface area contributed by atoms with Gasteiger partial charge in [0.2, 0.25) is 15.9 Å². The van der Waals surface area contributed by atoms with Crippen LogP contribution in [0.4, 0.5) is 0 Å². The number of hydrogen-bond acceptors (Lipinski definition) is 5. The Balaban J connectivity index is 2.41. The van der Waals surface area contributed by atoms with Crippen LogP contribution in [0.5, 0.6) is 5.88 Å². The molecule has 0 spiro atoms. The Bertz CT molecular complexity index is 477. The van der Waals surface area contributed by atoms with Crippen LogP contribution in [0.1, 0.15) is 18.9 Å². The van der Waals surface area contributed by atoms with E-state index in [0.717, 1.165) is 12.1 Å². The third kappa shape index (κ3) is 6.51. The van der Waals surface area contributed by atoms with Crippen molar-refractivity contribution in [3.63, 3.8) is 0 Å². The smallest absolute Gasteiger partial charge is 0.213 e. The zero-order valence-corrected chi connectivity index (χ0v) is 12.2. The molecule has 1 rings (SSSR count). The van der Waals surface area contributed by atoms with Crippen molar-refractivity contribution in [1.29, 1.82) is 0 Å². The molecule has 0 amide bonds. The van der Waals surface area contributed by atoms with E-state index in [2.05, 4.69) is 15.0 Å². The van der Waals surface area contributed by atoms with Gasteiger partial charge in [-0.2, -0.15) is 0 Å². The minimum atomic E-state index is -3.23. The molecule has 0 bridgehead atoms. The van der Waals surface area contributed by atoms with E-state index in [9.17, 15) is 8.42 Å². The molecule has 0 atom stereocenters. The van der Waals surface area contributed by atoms with Crippen molar-refractivity contribution in [1.82, 2.24) is 15.0 Å². The summed E-state index contributed by atoms with van der Waals surface area (Å²) in [6.07, 6.45) is 2.19. The first-order valence-corrected chi connectivity index (χ1v) is 7.89. The molecule has 0 aromatic carbocycles. The van der Waals surface area contributed by atoms with Crippen LogP contribution in [0.3, 0.4) is 0 Å². The maximum absolute atomic E-state index is 11.7. The van der Waals surface area contributed by atoms with Crippen LogP contribution in [0.25, 0.3) is 0 Å². The highest BCUT2D eigenvalue weighted by atomic mass is 32.2. The van der Waals surface area contributed by atoms with Crippen molar-refractivity contribution in [2.24, 2.45) is 0 Å². The topological polar surface area (TPSA) is 80.3 Å². The van der Waals surface area contributed by atoms with E-state index >= 15 is 0 Å². The molecule has 0 radical (unpaired) electrons. The quantitative estimate of drug-likeness (QED) is 0.647. The summed E-state index contributed by atoms with van der Waals surface area (Å²) in [5.41, 5.74) is 0.821. The lowest BCUT2D eigenvalue weighted by molar-refractivity contribution is 0.397. The summed E-state index contributed by atoms with van der Waals surface area (Å²) in [5.74, 6) is 0.603. The van der Waals surface area contributed by atoms with Crippen LogP contribution in [-0.4, -0.2) is 39.4 Å². The van der Waals surface area contributed by atoms with E-state index in [1.807, 2.05) is 6.92 Å². The summed E-state index contributed by atoms with van der Waals surface area (Å²) in [4.78, 5) is 3.96. The predicted molar refractivity (Wildman–Crippen MR) is 74.6 cm³/mol. The van der Waals surface area contributed by atoms with Gasteiger partial charge in [0, 0.05) is 18.8 Å². The monoisotopic (exact) mass is 287 g/mol. The normalized spacial score (nSPS) is 11.5. The highest BCUT2D eigenvalue weighted by Gasteiger charge is 2.09. The Labute approximate surface area is 114 Å². The van der Waals surface area contributed by atoms with Gasteiger partial charge in [0.05, 0.1) is 12.9 Å². The Morgan fingerprint density at radius 1 is 1.42 bits per heavy atom. The fraction of sp³-hybridized carbons (Fsp3) is 0.583. The number of pyridine rings is 1. The van der Waals surface area contributed by atoms with Crippen LogP contribution < -0.4 is 14.8 Å². The van der Waals surface area contributed by atoms with Crippen LogP contribution in [0, 0.1) is 0 Å². The molecule has 1 aromatic rings. The molecule has 19 heavy (non-hydrogen) atoms. The molecule has 6 nitrogen and oxygen atoms in total. The SMILES string of the molecule is CCNCCCS(=O)(=O)NCc1ccnc(OC)c1. The molecule has 0 saturated heterocycles. The first-order valence-electron chi connectivity index (χ1n) is 6.24. The molecule has 0 aliphatic heterocycles. The number of aromatic nitrogens is 1. The number of methoxy groups -OCH3 is 1. The average molecular weight is 287 g/mol. The average Bonchev–Trinajstić information content (AvgIpc) is 2.42. The summed E-state index contributed by atoms with van der Waals surface area (Å²) < 4.78 is 31.0. The van der Waals surface area contributed by atoms with Gasteiger partial charge in [0.25, 0.3) is 0 Å². The summed E-state index contributed by atoms with van der Waals surface area (Å²) in [6, 6.07) is 3.46. The molecule has 0 saturated carbocycles. The largest absolute Gasteiger partial charge is 0.481 e. The second-order valence-corrected chi connectivity index (χ2v) is 5.98. The Morgan fingerprint density at radius 3 is 2.89 bits per heavy atom. The lowest BCUT2D eigenvalue weighted by Gasteiger charge is -2.07. The maximum atomic E-state index is 11.7. The number of ether oxygens (including phenoxy) is 1. The molecule has 7 heteroatoms. The fourth-order valence-corrected chi connectivity index (χ4v) is 2.56. The molecule has 2 N–H and O–H groups in total. The second-order valence-electron chi connectivity index (χ2n) is 4.05. The Hall–Kier alpha value is -1.18. The van der Waals surface area contributed by atoms with E-state index in [0.29, 0.717) is 18.8 Å². The summed E-state index contributed by atoms with van der Waals surface area (Å²) in [7, 11) is -1.71. The van der Waals surface area contributed by atoms with E-state index in [1.165, 1.54) is 7.11 Å². The molecule has 108 valence electrons. The Kier molecular flexibility index (Phi) is 6.75. The molecule has 1 aromatic heterocycles. The van der Waals surface area contributed by atoms with Gasteiger partial charge in [0.15, 0.2) is 0 Å². The van der Waals surface area contributed by atoms with Crippen molar-refractivity contribution in [3.8, 4) is 5.88 Å². The van der Waals surface area contributed by atoms with Gasteiger partial charge in [-0.25, -0.2) is 18.1 Å². The summed E-state index contributed by atoms with van der Waals surface area (Å²) in [5, 5.41) is 3.09. The van der Waals surface area contributed by atoms with E-state index in [4.69, 9.17) is 4.74 Å². The first-order chi connectivity index (χ1) is 9.07. The van der Waals surface area contributed by atoms with Gasteiger partial charge in [-0.05, 0) is 31.1 Å². The van der Waals surface area contributed by atoms with Crippen molar-refractivity contribution >= 4 is 10.0 Å². The number of hydrogen-bond donors (Lipinski definition) is 2. The standard InChI is InChI=1S/C12H21N3O3S/c1-3-13-6-4-8-19(16,17)15-10-11-5-7-14-12(9-11)18-2/h5,7,9,13,15H,3-4,6,8,10H2,1-2H3. The molecule has 0 fully saturated rings. The molecular formula is C12H21N3O3S. The number of nitrogens with one attached hydrogen (secondary N) is 2. The zero-order valence-electron chi connectivity index (χ0n) is 11.3. The van der Waals surface area contributed by atoms with E-state index in [-0.39, 0.29) is 12.3 Å². The van der Waals surface area contributed by atoms with E-state index < -0.39 is 10.0 Å². The van der Waals surface area contributed by atoms with Gasteiger partial charge >= 0.3 is 0 Å². The van der Waals surface area contributed by atoms with Gasteiger partial charge in [-0.1, -0.05) is 6.92 Å². The minimum absolute atomic E-state index is 0.127.